The zero-order valence-corrected chi connectivity index (χ0v) is 15.7. The van der Waals surface area contributed by atoms with E-state index in [0.29, 0.717) is 16.6 Å². The molecule has 1 unspecified atom stereocenters. The first-order valence-electron chi connectivity index (χ1n) is 7.77. The van der Waals surface area contributed by atoms with Gasteiger partial charge >= 0.3 is 0 Å². The summed E-state index contributed by atoms with van der Waals surface area (Å²) in [5.74, 6) is 0.175. The quantitative estimate of drug-likeness (QED) is 0.625. The van der Waals surface area contributed by atoms with Crippen LogP contribution in [0.4, 0.5) is 0 Å². The highest BCUT2D eigenvalue weighted by Crippen LogP contribution is 2.15. The minimum atomic E-state index is -0.367. The maximum atomic E-state index is 12.0. The van der Waals surface area contributed by atoms with Crippen LogP contribution in [-0.2, 0) is 11.3 Å². The van der Waals surface area contributed by atoms with Crippen molar-refractivity contribution in [2.75, 3.05) is 20.7 Å². The van der Waals surface area contributed by atoms with E-state index in [9.17, 15) is 9.59 Å². The number of hydrazine groups is 1. The second-order valence-electron chi connectivity index (χ2n) is 5.64. The van der Waals surface area contributed by atoms with E-state index in [1.165, 1.54) is 0 Å². The monoisotopic (exact) mass is 406 g/mol. The van der Waals surface area contributed by atoms with Crippen LogP contribution >= 0.6 is 15.9 Å². The van der Waals surface area contributed by atoms with Gasteiger partial charge in [-0.3, -0.25) is 20.4 Å². The number of ether oxygens (including phenoxy) is 1. The third-order valence-electron chi connectivity index (χ3n) is 3.56. The van der Waals surface area contributed by atoms with Crippen molar-refractivity contribution in [1.82, 2.24) is 10.9 Å². The van der Waals surface area contributed by atoms with Crippen LogP contribution in [0.2, 0.25) is 0 Å². The summed E-state index contributed by atoms with van der Waals surface area (Å²) in [6.45, 7) is 0.928. The fourth-order valence-corrected chi connectivity index (χ4v) is 2.78. The maximum absolute atomic E-state index is 12.0. The lowest BCUT2D eigenvalue weighted by atomic mass is 10.2. The Morgan fingerprint density at radius 1 is 1.08 bits per heavy atom. The molecule has 132 valence electrons. The van der Waals surface area contributed by atoms with Gasteiger partial charge in [0.25, 0.3) is 11.8 Å². The summed E-state index contributed by atoms with van der Waals surface area (Å²) in [5.41, 5.74) is 6.43. The first kappa shape index (κ1) is 19.0. The number of carbonyl (C=O) groups excluding carboxylic acids is 2. The second-order valence-corrected chi connectivity index (χ2v) is 6.50. The zero-order chi connectivity index (χ0) is 18.2. The van der Waals surface area contributed by atoms with Crippen LogP contribution in [0, 0.1) is 0 Å². The van der Waals surface area contributed by atoms with Crippen molar-refractivity contribution in [2.24, 2.45) is 0 Å². The Kier molecular flexibility index (Phi) is 6.97. The average molecular weight is 407 g/mol. The number of hydrogen-bond donors (Lipinski definition) is 3. The third kappa shape index (κ3) is 5.88. The molecule has 1 atom stereocenters. The number of hydrogen-bond acceptors (Lipinski definition) is 3. The van der Waals surface area contributed by atoms with Crippen LogP contribution in [0.15, 0.2) is 53.0 Å². The van der Waals surface area contributed by atoms with E-state index >= 15 is 0 Å². The molecule has 6 nitrogen and oxygen atoms in total. The highest BCUT2D eigenvalue weighted by Gasteiger charge is 2.13. The summed E-state index contributed by atoms with van der Waals surface area (Å²) in [6.07, 6.45) is 0. The van der Waals surface area contributed by atoms with E-state index < -0.39 is 0 Å². The van der Waals surface area contributed by atoms with E-state index in [-0.39, 0.29) is 18.4 Å². The van der Waals surface area contributed by atoms with Crippen molar-refractivity contribution in [1.29, 1.82) is 0 Å². The minimum absolute atomic E-state index is 0.238. The fourth-order valence-electron chi connectivity index (χ4n) is 2.31. The molecule has 0 aliphatic heterocycles. The topological polar surface area (TPSA) is 71.9 Å². The Morgan fingerprint density at radius 2 is 1.76 bits per heavy atom. The molecule has 7 heteroatoms. The van der Waals surface area contributed by atoms with Gasteiger partial charge in [0.05, 0.1) is 19.7 Å². The van der Waals surface area contributed by atoms with Crippen LogP contribution < -0.4 is 20.5 Å². The van der Waals surface area contributed by atoms with Crippen molar-refractivity contribution in [2.45, 2.75) is 6.54 Å². The highest BCUT2D eigenvalue weighted by molar-refractivity contribution is 9.10. The lowest BCUT2D eigenvalue weighted by Gasteiger charge is -2.14. The second kappa shape index (κ2) is 9.19. The normalized spacial score (nSPS) is 11.5. The van der Waals surface area contributed by atoms with Gasteiger partial charge in [0.2, 0.25) is 0 Å². The number of halogens is 1. The highest BCUT2D eigenvalue weighted by atomic mass is 79.9. The Bertz CT molecular complexity index is 735. The molecule has 0 aromatic heterocycles. The first-order chi connectivity index (χ1) is 12.0. The smallest absolute Gasteiger partial charge is 0.293 e. The Labute approximate surface area is 155 Å². The van der Waals surface area contributed by atoms with E-state index in [4.69, 9.17) is 4.74 Å². The SMILES string of the molecule is COc1ccc(C[NH+](C)CC(=O)NNC(=O)c2ccccc2Br)cc1. The molecule has 0 saturated heterocycles. The predicted molar refractivity (Wildman–Crippen MR) is 98.2 cm³/mol. The average Bonchev–Trinajstić information content (AvgIpc) is 2.60. The Hall–Kier alpha value is -2.38. The summed E-state index contributed by atoms with van der Waals surface area (Å²) in [6, 6.07) is 14.7. The summed E-state index contributed by atoms with van der Waals surface area (Å²) >= 11 is 3.30. The standard InChI is InChI=1S/C18H20BrN3O3/c1-22(11-13-7-9-14(25-2)10-8-13)12-17(23)20-21-18(24)15-5-3-4-6-16(15)19/h3-10H,11-12H2,1-2H3,(H,20,23)(H,21,24)/p+1. The molecule has 0 fully saturated rings. The van der Waals surface area contributed by atoms with Gasteiger partial charge in [-0.1, -0.05) is 12.1 Å². The molecular formula is C18H21BrN3O3+. The molecule has 2 aromatic rings. The van der Waals surface area contributed by atoms with Gasteiger partial charge in [0, 0.05) is 10.0 Å². The zero-order valence-electron chi connectivity index (χ0n) is 14.1. The third-order valence-corrected chi connectivity index (χ3v) is 4.25. The molecule has 0 saturated carbocycles. The molecule has 0 radical (unpaired) electrons. The summed E-state index contributed by atoms with van der Waals surface area (Å²) in [5, 5.41) is 0. The largest absolute Gasteiger partial charge is 0.497 e. The number of amides is 2. The number of carbonyl (C=O) groups is 2. The van der Waals surface area contributed by atoms with Crippen LogP contribution in [0.25, 0.3) is 0 Å². The maximum Gasteiger partial charge on any atom is 0.293 e. The van der Waals surface area contributed by atoms with Crippen LogP contribution in [0.3, 0.4) is 0 Å². The Morgan fingerprint density at radius 3 is 2.40 bits per heavy atom. The number of quaternary nitrogens is 1. The molecule has 3 N–H and O–H groups in total. The van der Waals surface area contributed by atoms with Gasteiger partial charge in [-0.05, 0) is 52.3 Å². The van der Waals surface area contributed by atoms with Gasteiger partial charge < -0.3 is 9.64 Å². The predicted octanol–water partition coefficient (Wildman–Crippen LogP) is 0.934. The van der Waals surface area contributed by atoms with E-state index in [1.54, 1.807) is 25.3 Å². The van der Waals surface area contributed by atoms with Crippen molar-refractivity contribution in [3.05, 3.63) is 64.1 Å². The lowest BCUT2D eigenvalue weighted by Crippen LogP contribution is -3.09. The molecule has 0 heterocycles. The molecule has 2 aromatic carbocycles. The van der Waals surface area contributed by atoms with Gasteiger partial charge in [-0.25, -0.2) is 0 Å². The molecule has 0 aliphatic rings. The number of likely N-dealkylation sites (N-methyl/N-ethyl adjacent to an activating group) is 1. The van der Waals surface area contributed by atoms with E-state index in [1.807, 2.05) is 37.4 Å². The summed E-state index contributed by atoms with van der Waals surface area (Å²) in [4.78, 5) is 25.0. The van der Waals surface area contributed by atoms with Crippen molar-refractivity contribution >= 4 is 27.7 Å². The van der Waals surface area contributed by atoms with Gasteiger partial charge in [-0.15, -0.1) is 0 Å². The molecule has 2 rings (SSSR count). The number of benzene rings is 2. The van der Waals surface area contributed by atoms with Crippen LogP contribution in [-0.4, -0.2) is 32.5 Å². The van der Waals surface area contributed by atoms with Crippen LogP contribution in [0.5, 0.6) is 5.75 Å². The summed E-state index contributed by atoms with van der Waals surface area (Å²) < 4.78 is 5.79. The molecule has 0 aliphatic carbocycles. The number of rotatable bonds is 6. The van der Waals surface area contributed by atoms with Crippen molar-refractivity contribution < 1.29 is 19.2 Å². The number of methoxy groups -OCH3 is 1. The Balaban J connectivity index is 1.79. The molecular weight excluding hydrogens is 386 g/mol. The summed E-state index contributed by atoms with van der Waals surface area (Å²) in [7, 11) is 3.54. The molecule has 25 heavy (non-hydrogen) atoms. The number of nitrogens with one attached hydrogen (secondary N) is 3. The van der Waals surface area contributed by atoms with Gasteiger partial charge in [-0.2, -0.15) is 0 Å². The first-order valence-corrected chi connectivity index (χ1v) is 8.57. The fraction of sp³-hybridized carbons (Fsp3) is 0.222. The minimum Gasteiger partial charge on any atom is -0.497 e. The van der Waals surface area contributed by atoms with Crippen molar-refractivity contribution in [3.63, 3.8) is 0 Å². The van der Waals surface area contributed by atoms with Gasteiger partial charge in [0.15, 0.2) is 6.54 Å². The van der Waals surface area contributed by atoms with Crippen LogP contribution in [0.1, 0.15) is 15.9 Å². The van der Waals surface area contributed by atoms with Gasteiger partial charge in [0.1, 0.15) is 12.3 Å². The lowest BCUT2D eigenvalue weighted by molar-refractivity contribution is -0.885. The van der Waals surface area contributed by atoms with E-state index in [0.717, 1.165) is 16.2 Å². The molecule has 2 amide bonds. The van der Waals surface area contributed by atoms with Crippen molar-refractivity contribution in [3.8, 4) is 5.75 Å². The van der Waals surface area contributed by atoms with E-state index in [2.05, 4.69) is 26.8 Å². The molecule has 0 bridgehead atoms. The molecule has 0 spiro atoms.